The predicted octanol–water partition coefficient (Wildman–Crippen LogP) is 4.41. The van der Waals surface area contributed by atoms with Crippen molar-refractivity contribution in [1.29, 1.82) is 0 Å². The Morgan fingerprint density at radius 1 is 1.00 bits per heavy atom. The van der Waals surface area contributed by atoms with Crippen molar-refractivity contribution >= 4 is 22.4 Å². The molecule has 0 bridgehead atoms. The van der Waals surface area contributed by atoms with Crippen LogP contribution in [0, 0.1) is 13.8 Å². The predicted molar refractivity (Wildman–Crippen MR) is 82.9 cm³/mol. The third-order valence-electron chi connectivity index (χ3n) is 3.06. The molecule has 2 aromatic carbocycles. The molecule has 3 heteroatoms. The van der Waals surface area contributed by atoms with E-state index in [1.165, 1.54) is 16.7 Å². The number of hydrogen-bond donors (Lipinski definition) is 0. The van der Waals surface area contributed by atoms with Gasteiger partial charge in [-0.05, 0) is 42.7 Å². The zero-order valence-corrected chi connectivity index (χ0v) is 12.7. The van der Waals surface area contributed by atoms with E-state index in [-0.39, 0.29) is 0 Å². The van der Waals surface area contributed by atoms with Crippen LogP contribution < -0.4 is 0 Å². The number of aryl methyl sites for hydroxylation is 2. The fourth-order valence-electron chi connectivity index (χ4n) is 1.95. The Balaban J connectivity index is 2.05. The summed E-state index contributed by atoms with van der Waals surface area (Å²) >= 11 is 5.84. The van der Waals surface area contributed by atoms with Gasteiger partial charge in [0, 0.05) is 27.3 Å². The maximum atomic E-state index is 12.2. The van der Waals surface area contributed by atoms with E-state index in [1.54, 1.807) is 0 Å². The first-order chi connectivity index (χ1) is 9.04. The monoisotopic (exact) mass is 292 g/mol. The van der Waals surface area contributed by atoms with Crippen LogP contribution in [0.2, 0.25) is 5.02 Å². The third-order valence-corrected chi connectivity index (χ3v) is 4.60. The van der Waals surface area contributed by atoms with Gasteiger partial charge in [0.1, 0.15) is 0 Å². The number of rotatable bonds is 4. The fraction of sp³-hybridized carbons (Fsp3) is 0.250. The lowest BCUT2D eigenvalue weighted by Crippen LogP contribution is -2.01. The Morgan fingerprint density at radius 2 is 1.68 bits per heavy atom. The Hall–Kier alpha value is -1.12. The quantitative estimate of drug-likeness (QED) is 0.816. The number of hydrogen-bond acceptors (Lipinski definition) is 1. The largest absolute Gasteiger partial charge is 0.259 e. The van der Waals surface area contributed by atoms with E-state index in [0.717, 1.165) is 5.56 Å². The summed E-state index contributed by atoms with van der Waals surface area (Å²) in [6.45, 7) is 4.12. The molecule has 1 atom stereocenters. The van der Waals surface area contributed by atoms with E-state index >= 15 is 0 Å². The number of benzene rings is 2. The van der Waals surface area contributed by atoms with Crippen LogP contribution in [-0.2, 0) is 22.3 Å². The minimum atomic E-state index is -0.890. The third kappa shape index (κ3) is 4.19. The molecule has 1 nitrogen and oxygen atoms in total. The van der Waals surface area contributed by atoms with Crippen LogP contribution >= 0.6 is 11.6 Å². The van der Waals surface area contributed by atoms with Gasteiger partial charge in [-0.25, -0.2) is 0 Å². The summed E-state index contributed by atoms with van der Waals surface area (Å²) in [6.07, 6.45) is 0. The highest BCUT2D eigenvalue weighted by molar-refractivity contribution is 7.83. The Kier molecular flexibility index (Phi) is 4.78. The van der Waals surface area contributed by atoms with Gasteiger partial charge in [0.15, 0.2) is 0 Å². The molecular weight excluding hydrogens is 276 g/mol. The molecular formula is C16H17ClOS. The molecule has 2 aromatic rings. The Bertz CT molecular complexity index is 590. The molecule has 0 unspecified atom stereocenters. The average molecular weight is 293 g/mol. The molecule has 0 fully saturated rings. The Morgan fingerprint density at radius 3 is 2.37 bits per heavy atom. The van der Waals surface area contributed by atoms with Crippen molar-refractivity contribution in [2.24, 2.45) is 0 Å². The molecule has 0 aliphatic carbocycles. The first kappa shape index (κ1) is 14.3. The van der Waals surface area contributed by atoms with Crippen LogP contribution in [0.4, 0.5) is 0 Å². The Labute approximate surface area is 122 Å². The molecule has 0 radical (unpaired) electrons. The molecule has 0 saturated heterocycles. The average Bonchev–Trinajstić information content (AvgIpc) is 2.37. The van der Waals surface area contributed by atoms with Gasteiger partial charge < -0.3 is 0 Å². The normalized spacial score (nSPS) is 12.4. The summed E-state index contributed by atoms with van der Waals surface area (Å²) in [6, 6.07) is 13.8. The van der Waals surface area contributed by atoms with Crippen molar-refractivity contribution in [2.45, 2.75) is 25.4 Å². The van der Waals surface area contributed by atoms with Crippen LogP contribution in [-0.4, -0.2) is 4.21 Å². The summed E-state index contributed by atoms with van der Waals surface area (Å²) in [5.74, 6) is 1.18. The minimum absolute atomic E-state index is 0.574. The lowest BCUT2D eigenvalue weighted by atomic mass is 10.1. The molecule has 0 heterocycles. The van der Waals surface area contributed by atoms with E-state index in [9.17, 15) is 4.21 Å². The van der Waals surface area contributed by atoms with Gasteiger partial charge >= 0.3 is 0 Å². The van der Waals surface area contributed by atoms with Crippen LogP contribution in [0.25, 0.3) is 0 Å². The van der Waals surface area contributed by atoms with Gasteiger partial charge in [-0.2, -0.15) is 0 Å². The van der Waals surface area contributed by atoms with Crippen molar-refractivity contribution in [3.05, 3.63) is 69.7 Å². The highest BCUT2D eigenvalue weighted by Crippen LogP contribution is 2.16. The molecule has 100 valence electrons. The zero-order chi connectivity index (χ0) is 13.8. The molecule has 0 spiro atoms. The van der Waals surface area contributed by atoms with Gasteiger partial charge in [0.25, 0.3) is 0 Å². The second kappa shape index (κ2) is 6.36. The van der Waals surface area contributed by atoms with E-state index in [1.807, 2.05) is 24.3 Å². The molecule has 0 aliphatic heterocycles. The van der Waals surface area contributed by atoms with Crippen LogP contribution in [0.1, 0.15) is 22.3 Å². The number of halogens is 1. The van der Waals surface area contributed by atoms with Crippen LogP contribution in [0.15, 0.2) is 42.5 Å². The molecule has 0 saturated carbocycles. The molecule has 0 aliphatic rings. The lowest BCUT2D eigenvalue weighted by molar-refractivity contribution is 0.682. The topological polar surface area (TPSA) is 17.1 Å². The van der Waals surface area contributed by atoms with Crippen molar-refractivity contribution in [1.82, 2.24) is 0 Å². The summed E-state index contributed by atoms with van der Waals surface area (Å²) in [5.41, 5.74) is 4.65. The highest BCUT2D eigenvalue weighted by Gasteiger charge is 2.06. The van der Waals surface area contributed by atoms with Gasteiger partial charge in [-0.1, -0.05) is 47.5 Å². The fourth-order valence-corrected chi connectivity index (χ4v) is 3.40. The first-order valence-corrected chi connectivity index (χ1v) is 8.07. The van der Waals surface area contributed by atoms with Crippen LogP contribution in [0.3, 0.4) is 0 Å². The van der Waals surface area contributed by atoms with E-state index < -0.39 is 10.8 Å². The first-order valence-electron chi connectivity index (χ1n) is 6.20. The summed E-state index contributed by atoms with van der Waals surface area (Å²) in [7, 11) is -0.890. The SMILES string of the molecule is Cc1ccc(C)c(C[S@@](=O)Cc2ccc(Cl)cc2)c1. The molecule has 0 amide bonds. The summed E-state index contributed by atoms with van der Waals surface area (Å²) in [4.78, 5) is 0. The summed E-state index contributed by atoms with van der Waals surface area (Å²) in [5, 5.41) is 0.712. The highest BCUT2D eigenvalue weighted by atomic mass is 35.5. The smallest absolute Gasteiger partial charge is 0.0491 e. The van der Waals surface area contributed by atoms with E-state index in [4.69, 9.17) is 11.6 Å². The molecule has 19 heavy (non-hydrogen) atoms. The van der Waals surface area contributed by atoms with Crippen LogP contribution in [0.5, 0.6) is 0 Å². The van der Waals surface area contributed by atoms with Gasteiger partial charge in [0.05, 0.1) is 0 Å². The van der Waals surface area contributed by atoms with Gasteiger partial charge in [0.2, 0.25) is 0 Å². The lowest BCUT2D eigenvalue weighted by Gasteiger charge is -2.07. The second-order valence-electron chi connectivity index (χ2n) is 4.78. The summed E-state index contributed by atoms with van der Waals surface area (Å²) < 4.78 is 12.2. The van der Waals surface area contributed by atoms with Crippen molar-refractivity contribution < 1.29 is 4.21 Å². The zero-order valence-electron chi connectivity index (χ0n) is 11.2. The molecule has 2 rings (SSSR count). The van der Waals surface area contributed by atoms with Crippen molar-refractivity contribution in [2.75, 3.05) is 0 Å². The standard InChI is InChI=1S/C16H17ClOS/c1-12-3-4-13(2)15(9-12)11-19(18)10-14-5-7-16(17)8-6-14/h3-9H,10-11H2,1-2H3/t19-/m0/s1. The van der Waals surface area contributed by atoms with E-state index in [0.29, 0.717) is 16.5 Å². The molecule has 0 N–H and O–H groups in total. The second-order valence-corrected chi connectivity index (χ2v) is 6.68. The maximum absolute atomic E-state index is 12.2. The van der Waals surface area contributed by atoms with E-state index in [2.05, 4.69) is 32.0 Å². The molecule has 0 aromatic heterocycles. The van der Waals surface area contributed by atoms with Crippen molar-refractivity contribution in [3.63, 3.8) is 0 Å². The maximum Gasteiger partial charge on any atom is 0.0491 e. The van der Waals surface area contributed by atoms with Crippen molar-refractivity contribution in [3.8, 4) is 0 Å². The van der Waals surface area contributed by atoms with Gasteiger partial charge in [-0.15, -0.1) is 0 Å². The van der Waals surface area contributed by atoms with Gasteiger partial charge in [-0.3, -0.25) is 4.21 Å². The minimum Gasteiger partial charge on any atom is -0.259 e.